The molecule has 0 saturated carbocycles. The van der Waals surface area contributed by atoms with Crippen molar-refractivity contribution in [2.75, 3.05) is 17.3 Å². The van der Waals surface area contributed by atoms with Crippen LogP contribution in [0, 0.1) is 12.8 Å². The van der Waals surface area contributed by atoms with Gasteiger partial charge < -0.3 is 10.1 Å². The van der Waals surface area contributed by atoms with E-state index >= 15 is 0 Å². The number of carbonyl (C=O) groups excluding carboxylic acids is 5. The summed E-state index contributed by atoms with van der Waals surface area (Å²) in [6, 6.07) is 18.4. The molecule has 4 rings (SSSR count). The molecule has 38 heavy (non-hydrogen) atoms. The number of nitrogens with one attached hydrogen (secondary N) is 3. The predicted octanol–water partition coefficient (Wildman–Crippen LogP) is 2.87. The number of methoxy groups -OCH3 is 1. The van der Waals surface area contributed by atoms with Crippen molar-refractivity contribution in [1.29, 1.82) is 0 Å². The predicted molar refractivity (Wildman–Crippen MR) is 139 cm³/mol. The van der Waals surface area contributed by atoms with Crippen molar-refractivity contribution in [1.82, 2.24) is 10.7 Å². The number of nitrogens with zero attached hydrogens (tertiary/aromatic N) is 2. The molecule has 0 radical (unpaired) electrons. The fourth-order valence-electron chi connectivity index (χ4n) is 3.55. The fourth-order valence-corrected chi connectivity index (χ4v) is 3.55. The molecule has 3 aromatic rings. The molecule has 1 aliphatic rings. The van der Waals surface area contributed by atoms with Crippen LogP contribution in [0.5, 0.6) is 5.75 Å². The van der Waals surface area contributed by atoms with Gasteiger partial charge in [-0.15, -0.1) is 0 Å². The first-order valence-electron chi connectivity index (χ1n) is 11.4. The molecule has 0 bridgehead atoms. The first kappa shape index (κ1) is 25.8. The monoisotopic (exact) mass is 513 g/mol. The normalized spacial score (nSPS) is 15.3. The number of hydrogen-bond donors (Lipinski definition) is 3. The first-order chi connectivity index (χ1) is 18.3. The van der Waals surface area contributed by atoms with E-state index in [-0.39, 0.29) is 17.2 Å². The molecule has 3 aromatic carbocycles. The molecule has 11 nitrogen and oxygen atoms in total. The average molecular weight is 514 g/mol. The van der Waals surface area contributed by atoms with Gasteiger partial charge in [0, 0.05) is 23.0 Å². The van der Waals surface area contributed by atoms with Crippen molar-refractivity contribution in [3.8, 4) is 5.75 Å². The molecule has 6 amide bonds. The van der Waals surface area contributed by atoms with E-state index in [1.807, 2.05) is 19.1 Å². The van der Waals surface area contributed by atoms with E-state index in [9.17, 15) is 24.0 Å². The van der Waals surface area contributed by atoms with E-state index in [1.165, 1.54) is 31.4 Å². The third-order valence-electron chi connectivity index (χ3n) is 5.64. The summed E-state index contributed by atoms with van der Waals surface area (Å²) in [5.74, 6) is -3.49. The number of barbiturate groups is 1. The number of rotatable bonds is 7. The molecule has 1 atom stereocenters. The lowest BCUT2D eigenvalue weighted by molar-refractivity contribution is -0.131. The SMILES string of the molecule is COc1ccc(N2C(=O)NC(=O)[C@H](/C=N\NC(=O)c3ccc(NC(=O)c4ccc(C)cc4)cc3)C2=O)cc1. The maximum atomic E-state index is 12.9. The number of amides is 6. The minimum absolute atomic E-state index is 0.227. The summed E-state index contributed by atoms with van der Waals surface area (Å²) in [6.45, 7) is 1.93. The zero-order chi connectivity index (χ0) is 27.2. The highest BCUT2D eigenvalue weighted by atomic mass is 16.5. The van der Waals surface area contributed by atoms with Crippen molar-refractivity contribution in [3.63, 3.8) is 0 Å². The largest absolute Gasteiger partial charge is 0.497 e. The van der Waals surface area contributed by atoms with Crippen LogP contribution in [-0.2, 0) is 9.59 Å². The van der Waals surface area contributed by atoms with E-state index in [0.29, 0.717) is 17.0 Å². The molecule has 1 fully saturated rings. The van der Waals surface area contributed by atoms with E-state index in [2.05, 4.69) is 21.2 Å². The average Bonchev–Trinajstić information content (AvgIpc) is 2.91. The van der Waals surface area contributed by atoms with Crippen LogP contribution in [0.2, 0.25) is 0 Å². The number of carbonyl (C=O) groups is 5. The third kappa shape index (κ3) is 5.73. The Balaban J connectivity index is 1.37. The standard InChI is InChI=1S/C27H23N5O6/c1-16-3-5-17(6-4-16)23(33)29-19-9-7-18(8-10-19)24(34)31-28-15-22-25(35)30-27(37)32(26(22)36)20-11-13-21(38-2)14-12-20/h3-15,22H,1-2H3,(H,29,33)(H,31,34)(H,30,35,37)/b28-15-/t22-/m0/s1. The van der Waals surface area contributed by atoms with E-state index in [0.717, 1.165) is 16.7 Å². The minimum Gasteiger partial charge on any atom is -0.497 e. The van der Waals surface area contributed by atoms with Gasteiger partial charge in [0.1, 0.15) is 5.75 Å². The van der Waals surface area contributed by atoms with Crippen molar-refractivity contribution < 1.29 is 28.7 Å². The number of ether oxygens (including phenoxy) is 1. The zero-order valence-electron chi connectivity index (χ0n) is 20.4. The summed E-state index contributed by atoms with van der Waals surface area (Å²) in [4.78, 5) is 63.0. The summed E-state index contributed by atoms with van der Waals surface area (Å²) in [7, 11) is 1.48. The number of aryl methyl sites for hydroxylation is 1. The molecule has 3 N–H and O–H groups in total. The number of benzene rings is 3. The Hall–Kier alpha value is -5.32. The van der Waals surface area contributed by atoms with Gasteiger partial charge in [0.15, 0.2) is 5.92 Å². The Labute approximate surface area is 217 Å². The number of hydrogen-bond acceptors (Lipinski definition) is 7. The number of hydrazone groups is 1. The highest BCUT2D eigenvalue weighted by molar-refractivity contribution is 6.32. The lowest BCUT2D eigenvalue weighted by Gasteiger charge is -2.28. The molecule has 0 spiro atoms. The zero-order valence-corrected chi connectivity index (χ0v) is 20.4. The second-order valence-electron chi connectivity index (χ2n) is 8.26. The van der Waals surface area contributed by atoms with Gasteiger partial charge in [-0.25, -0.2) is 15.1 Å². The van der Waals surface area contributed by atoms with Gasteiger partial charge in [-0.1, -0.05) is 17.7 Å². The number of anilines is 2. The third-order valence-corrected chi connectivity index (χ3v) is 5.64. The summed E-state index contributed by atoms with van der Waals surface area (Å²) < 4.78 is 5.07. The molecule has 1 saturated heterocycles. The maximum absolute atomic E-state index is 12.9. The maximum Gasteiger partial charge on any atom is 0.335 e. The van der Waals surface area contributed by atoms with Crippen LogP contribution in [0.25, 0.3) is 0 Å². The molecule has 192 valence electrons. The van der Waals surface area contributed by atoms with E-state index < -0.39 is 29.7 Å². The van der Waals surface area contributed by atoms with Gasteiger partial charge in [-0.2, -0.15) is 5.10 Å². The lowest BCUT2D eigenvalue weighted by atomic mass is 10.1. The van der Waals surface area contributed by atoms with Crippen molar-refractivity contribution in [2.24, 2.45) is 11.0 Å². The lowest BCUT2D eigenvalue weighted by Crippen LogP contribution is -2.58. The van der Waals surface area contributed by atoms with Crippen molar-refractivity contribution in [2.45, 2.75) is 6.92 Å². The van der Waals surface area contributed by atoms with Gasteiger partial charge in [-0.05, 0) is 67.6 Å². The molecule has 0 aliphatic carbocycles. The molecule has 11 heteroatoms. The Bertz CT molecular complexity index is 1420. The van der Waals surface area contributed by atoms with Gasteiger partial charge >= 0.3 is 6.03 Å². The molecule has 0 aromatic heterocycles. The summed E-state index contributed by atoms with van der Waals surface area (Å²) in [5, 5.41) is 8.58. The molecular weight excluding hydrogens is 490 g/mol. The second kappa shape index (κ2) is 11.2. The Morgan fingerprint density at radius 2 is 1.50 bits per heavy atom. The molecular formula is C27H23N5O6. The second-order valence-corrected chi connectivity index (χ2v) is 8.26. The van der Waals surface area contributed by atoms with Gasteiger partial charge in [0.2, 0.25) is 5.91 Å². The van der Waals surface area contributed by atoms with Crippen LogP contribution in [0.3, 0.4) is 0 Å². The minimum atomic E-state index is -1.44. The summed E-state index contributed by atoms with van der Waals surface area (Å²) >= 11 is 0. The van der Waals surface area contributed by atoms with E-state index in [1.54, 1.807) is 36.4 Å². The Kier molecular flexibility index (Phi) is 7.57. The number of urea groups is 1. The Morgan fingerprint density at radius 3 is 2.13 bits per heavy atom. The first-order valence-corrected chi connectivity index (χ1v) is 11.4. The van der Waals surface area contributed by atoms with Crippen LogP contribution in [0.4, 0.5) is 16.2 Å². The van der Waals surface area contributed by atoms with Crippen LogP contribution in [0.1, 0.15) is 26.3 Å². The smallest absolute Gasteiger partial charge is 0.335 e. The molecule has 1 aliphatic heterocycles. The van der Waals surface area contributed by atoms with Gasteiger partial charge in [-0.3, -0.25) is 24.5 Å². The Morgan fingerprint density at radius 1 is 0.895 bits per heavy atom. The highest BCUT2D eigenvalue weighted by Gasteiger charge is 2.40. The molecule has 0 unspecified atom stereocenters. The van der Waals surface area contributed by atoms with Crippen LogP contribution in [0.15, 0.2) is 77.9 Å². The van der Waals surface area contributed by atoms with Crippen molar-refractivity contribution >= 4 is 47.2 Å². The van der Waals surface area contributed by atoms with E-state index in [4.69, 9.17) is 4.74 Å². The highest BCUT2D eigenvalue weighted by Crippen LogP contribution is 2.23. The van der Waals surface area contributed by atoms with Crippen LogP contribution < -0.4 is 25.7 Å². The van der Waals surface area contributed by atoms with Crippen molar-refractivity contribution in [3.05, 3.63) is 89.5 Å². The fraction of sp³-hybridized carbons (Fsp3) is 0.111. The number of imide groups is 2. The van der Waals surface area contributed by atoms with Crippen LogP contribution >= 0.6 is 0 Å². The van der Waals surface area contributed by atoms with Gasteiger partial charge in [0.05, 0.1) is 12.8 Å². The van der Waals surface area contributed by atoms with Crippen LogP contribution in [-0.4, -0.2) is 43.0 Å². The topological polar surface area (TPSA) is 146 Å². The van der Waals surface area contributed by atoms with Gasteiger partial charge in [0.25, 0.3) is 17.7 Å². The summed E-state index contributed by atoms with van der Waals surface area (Å²) in [5.41, 5.74) is 4.74. The quantitative estimate of drug-likeness (QED) is 0.252. The summed E-state index contributed by atoms with van der Waals surface area (Å²) in [6.07, 6.45) is 0.953. The molecule has 1 heterocycles.